The minimum absolute atomic E-state index is 0.627. The molecule has 0 spiro atoms. The maximum absolute atomic E-state index is 10.5. The molecule has 0 atom stereocenters. The Kier molecular flexibility index (Phi) is 1.81. The molecule has 0 bridgehead atoms. The van der Waals surface area contributed by atoms with Crippen molar-refractivity contribution in [3.05, 3.63) is 41.6 Å². The highest BCUT2D eigenvalue weighted by atomic mass is 16.1. The quantitative estimate of drug-likeness (QED) is 0.616. The van der Waals surface area contributed by atoms with Crippen LogP contribution in [0.25, 0.3) is 10.9 Å². The molecule has 13 heavy (non-hydrogen) atoms. The summed E-state index contributed by atoms with van der Waals surface area (Å²) in [5.74, 6) is 0. The number of fused-ring (bicyclic) bond motifs is 1. The van der Waals surface area contributed by atoms with Gasteiger partial charge in [-0.05, 0) is 24.6 Å². The molecule has 2 heteroatoms. The SMILES string of the molecule is Cc1cccc2ncc(C=O)cc12. The second-order valence-electron chi connectivity index (χ2n) is 3.03. The summed E-state index contributed by atoms with van der Waals surface area (Å²) in [5.41, 5.74) is 2.71. The first-order valence-corrected chi connectivity index (χ1v) is 4.12. The van der Waals surface area contributed by atoms with E-state index < -0.39 is 0 Å². The zero-order chi connectivity index (χ0) is 9.26. The van der Waals surface area contributed by atoms with E-state index in [1.165, 1.54) is 0 Å². The van der Waals surface area contributed by atoms with Gasteiger partial charge in [-0.15, -0.1) is 0 Å². The first-order chi connectivity index (χ1) is 6.31. The molecule has 1 aromatic heterocycles. The maximum atomic E-state index is 10.5. The Balaban J connectivity index is 2.81. The summed E-state index contributed by atoms with van der Waals surface area (Å²) in [6.45, 7) is 2.01. The van der Waals surface area contributed by atoms with E-state index in [1.807, 2.05) is 31.2 Å². The third-order valence-electron chi connectivity index (χ3n) is 2.10. The van der Waals surface area contributed by atoms with Crippen molar-refractivity contribution in [1.29, 1.82) is 0 Å². The molecule has 0 aliphatic rings. The van der Waals surface area contributed by atoms with Crippen LogP contribution in [-0.2, 0) is 0 Å². The van der Waals surface area contributed by atoms with Crippen LogP contribution in [0.15, 0.2) is 30.5 Å². The number of pyridine rings is 1. The molecule has 0 unspecified atom stereocenters. The molecule has 0 fully saturated rings. The fourth-order valence-electron chi connectivity index (χ4n) is 1.38. The summed E-state index contributed by atoms with van der Waals surface area (Å²) in [7, 11) is 0. The van der Waals surface area contributed by atoms with Gasteiger partial charge in [-0.2, -0.15) is 0 Å². The molecule has 0 saturated carbocycles. The van der Waals surface area contributed by atoms with Crippen molar-refractivity contribution < 1.29 is 4.79 Å². The number of aldehydes is 1. The van der Waals surface area contributed by atoms with Gasteiger partial charge in [-0.3, -0.25) is 9.78 Å². The molecule has 0 aliphatic carbocycles. The third kappa shape index (κ3) is 1.31. The fraction of sp³-hybridized carbons (Fsp3) is 0.0909. The Morgan fingerprint density at radius 1 is 1.38 bits per heavy atom. The molecule has 2 nitrogen and oxygen atoms in total. The Bertz CT molecular complexity index is 463. The lowest BCUT2D eigenvalue weighted by Gasteiger charge is -2.00. The largest absolute Gasteiger partial charge is 0.298 e. The molecule has 2 rings (SSSR count). The molecule has 0 saturated heterocycles. The smallest absolute Gasteiger partial charge is 0.151 e. The average molecular weight is 171 g/mol. The van der Waals surface area contributed by atoms with Gasteiger partial charge in [-0.25, -0.2) is 0 Å². The number of carbonyl (C=O) groups excluding carboxylic acids is 1. The van der Waals surface area contributed by atoms with Crippen molar-refractivity contribution in [3.63, 3.8) is 0 Å². The lowest BCUT2D eigenvalue weighted by Crippen LogP contribution is -1.86. The molecular weight excluding hydrogens is 162 g/mol. The number of hydrogen-bond donors (Lipinski definition) is 0. The molecule has 0 aliphatic heterocycles. The number of benzene rings is 1. The van der Waals surface area contributed by atoms with E-state index in [0.29, 0.717) is 5.56 Å². The van der Waals surface area contributed by atoms with Crippen LogP contribution in [-0.4, -0.2) is 11.3 Å². The number of aromatic nitrogens is 1. The molecule has 0 radical (unpaired) electrons. The lowest BCUT2D eigenvalue weighted by atomic mass is 10.1. The van der Waals surface area contributed by atoms with E-state index in [-0.39, 0.29) is 0 Å². The van der Waals surface area contributed by atoms with E-state index in [1.54, 1.807) is 6.20 Å². The predicted octanol–water partition coefficient (Wildman–Crippen LogP) is 2.36. The van der Waals surface area contributed by atoms with Gasteiger partial charge in [0.2, 0.25) is 0 Å². The second-order valence-corrected chi connectivity index (χ2v) is 3.03. The van der Waals surface area contributed by atoms with Crippen molar-refractivity contribution in [2.75, 3.05) is 0 Å². The average Bonchev–Trinajstić information content (AvgIpc) is 2.18. The maximum Gasteiger partial charge on any atom is 0.151 e. The summed E-state index contributed by atoms with van der Waals surface area (Å²) < 4.78 is 0. The van der Waals surface area contributed by atoms with Gasteiger partial charge in [0.15, 0.2) is 6.29 Å². The Morgan fingerprint density at radius 2 is 2.23 bits per heavy atom. The van der Waals surface area contributed by atoms with Gasteiger partial charge in [-0.1, -0.05) is 12.1 Å². The van der Waals surface area contributed by atoms with Crippen molar-refractivity contribution in [2.24, 2.45) is 0 Å². The Labute approximate surface area is 76.2 Å². The zero-order valence-corrected chi connectivity index (χ0v) is 7.32. The van der Waals surface area contributed by atoms with Gasteiger partial charge in [0, 0.05) is 17.1 Å². The van der Waals surface area contributed by atoms with Crippen molar-refractivity contribution in [1.82, 2.24) is 4.98 Å². The van der Waals surface area contributed by atoms with Crippen LogP contribution in [0.2, 0.25) is 0 Å². The van der Waals surface area contributed by atoms with E-state index in [4.69, 9.17) is 0 Å². The summed E-state index contributed by atoms with van der Waals surface area (Å²) in [5, 5.41) is 1.05. The van der Waals surface area contributed by atoms with Crippen molar-refractivity contribution in [3.8, 4) is 0 Å². The Morgan fingerprint density at radius 3 is 3.00 bits per heavy atom. The number of aryl methyl sites for hydroxylation is 1. The van der Waals surface area contributed by atoms with Crippen molar-refractivity contribution >= 4 is 17.2 Å². The normalized spacial score (nSPS) is 10.2. The molecule has 0 amide bonds. The third-order valence-corrected chi connectivity index (χ3v) is 2.10. The predicted molar refractivity (Wildman–Crippen MR) is 51.9 cm³/mol. The van der Waals surface area contributed by atoms with Crippen LogP contribution in [0.5, 0.6) is 0 Å². The topological polar surface area (TPSA) is 30.0 Å². The van der Waals surface area contributed by atoms with Gasteiger partial charge in [0.1, 0.15) is 0 Å². The molecule has 1 aromatic carbocycles. The minimum atomic E-state index is 0.627. The lowest BCUT2D eigenvalue weighted by molar-refractivity contribution is 0.112. The minimum Gasteiger partial charge on any atom is -0.298 e. The van der Waals surface area contributed by atoms with E-state index in [0.717, 1.165) is 22.8 Å². The molecule has 1 heterocycles. The molecular formula is C11H9NO. The van der Waals surface area contributed by atoms with E-state index >= 15 is 0 Å². The zero-order valence-electron chi connectivity index (χ0n) is 7.32. The van der Waals surface area contributed by atoms with Crippen LogP contribution < -0.4 is 0 Å². The molecule has 0 N–H and O–H groups in total. The van der Waals surface area contributed by atoms with Gasteiger partial charge < -0.3 is 0 Å². The molecule has 2 aromatic rings. The summed E-state index contributed by atoms with van der Waals surface area (Å²) in [6, 6.07) is 7.78. The summed E-state index contributed by atoms with van der Waals surface area (Å²) in [4.78, 5) is 14.7. The van der Waals surface area contributed by atoms with Crippen LogP contribution in [0.3, 0.4) is 0 Å². The summed E-state index contributed by atoms with van der Waals surface area (Å²) in [6.07, 6.45) is 2.41. The van der Waals surface area contributed by atoms with Crippen LogP contribution >= 0.6 is 0 Å². The van der Waals surface area contributed by atoms with Crippen molar-refractivity contribution in [2.45, 2.75) is 6.92 Å². The molecule has 64 valence electrons. The van der Waals surface area contributed by atoms with Gasteiger partial charge in [0.25, 0.3) is 0 Å². The number of rotatable bonds is 1. The van der Waals surface area contributed by atoms with Crippen LogP contribution in [0.4, 0.5) is 0 Å². The highest BCUT2D eigenvalue weighted by Gasteiger charge is 1.98. The first-order valence-electron chi connectivity index (χ1n) is 4.12. The number of nitrogens with zero attached hydrogens (tertiary/aromatic N) is 1. The van der Waals surface area contributed by atoms with Crippen LogP contribution in [0.1, 0.15) is 15.9 Å². The number of carbonyl (C=O) groups is 1. The summed E-state index contributed by atoms with van der Waals surface area (Å²) >= 11 is 0. The Hall–Kier alpha value is -1.70. The monoisotopic (exact) mass is 171 g/mol. The first kappa shape index (κ1) is 7.92. The number of hydrogen-bond acceptors (Lipinski definition) is 2. The van der Waals surface area contributed by atoms with E-state index in [2.05, 4.69) is 4.98 Å². The van der Waals surface area contributed by atoms with Gasteiger partial charge in [0.05, 0.1) is 5.52 Å². The van der Waals surface area contributed by atoms with Gasteiger partial charge >= 0.3 is 0 Å². The van der Waals surface area contributed by atoms with Crippen LogP contribution in [0, 0.1) is 6.92 Å². The highest BCUT2D eigenvalue weighted by Crippen LogP contribution is 2.16. The highest BCUT2D eigenvalue weighted by molar-refractivity contribution is 5.87. The second kappa shape index (κ2) is 2.98. The van der Waals surface area contributed by atoms with E-state index in [9.17, 15) is 4.79 Å². The standard InChI is InChI=1S/C11H9NO/c1-8-3-2-4-11-10(8)5-9(7-13)6-12-11/h2-7H,1H3. The fourth-order valence-corrected chi connectivity index (χ4v) is 1.38.